The summed E-state index contributed by atoms with van der Waals surface area (Å²) in [6, 6.07) is 25.1. The molecule has 0 unspecified atom stereocenters. The number of carbonyl (C=O) groups excluding carboxylic acids is 1. The van der Waals surface area contributed by atoms with Gasteiger partial charge < -0.3 is 9.47 Å². The number of aromatic nitrogens is 2. The number of imidazole rings is 1. The molecule has 0 bridgehead atoms. The average Bonchev–Trinajstić information content (AvgIpc) is 3.23. The maximum atomic E-state index is 11.2. The Morgan fingerprint density at radius 1 is 0.971 bits per heavy atom. The highest BCUT2D eigenvalue weighted by molar-refractivity contribution is 7.98. The van der Waals surface area contributed by atoms with Crippen LogP contribution in [0.25, 0.3) is 16.7 Å². The zero-order valence-corrected chi connectivity index (χ0v) is 20.5. The lowest BCUT2D eigenvalue weighted by atomic mass is 10.2. The van der Waals surface area contributed by atoms with Crippen LogP contribution < -0.4 is 4.74 Å². The van der Waals surface area contributed by atoms with E-state index < -0.39 is 0 Å². The predicted octanol–water partition coefficient (Wildman–Crippen LogP) is 6.74. The molecule has 0 saturated carbocycles. The summed E-state index contributed by atoms with van der Waals surface area (Å²) in [6.07, 6.45) is 3.10. The molecule has 0 amide bonds. The molecular weight excluding hydrogens is 444 g/mol. The molecule has 176 valence electrons. The van der Waals surface area contributed by atoms with Gasteiger partial charge in [-0.15, -0.1) is 0 Å². The van der Waals surface area contributed by atoms with E-state index in [1.165, 1.54) is 18.2 Å². The van der Waals surface area contributed by atoms with Crippen molar-refractivity contribution in [2.45, 2.75) is 43.5 Å². The van der Waals surface area contributed by atoms with Crippen molar-refractivity contribution in [1.82, 2.24) is 9.55 Å². The third kappa shape index (κ3) is 6.20. The van der Waals surface area contributed by atoms with Crippen LogP contribution in [0.2, 0.25) is 0 Å². The van der Waals surface area contributed by atoms with E-state index in [9.17, 15) is 4.79 Å². The first-order valence-electron chi connectivity index (χ1n) is 11.6. The summed E-state index contributed by atoms with van der Waals surface area (Å²) < 4.78 is 12.9. The van der Waals surface area contributed by atoms with E-state index in [0.29, 0.717) is 13.0 Å². The number of aryl methyl sites for hydroxylation is 1. The topological polar surface area (TPSA) is 53.4 Å². The summed E-state index contributed by atoms with van der Waals surface area (Å²) in [5.74, 6) is 1.52. The number of fused-ring (bicyclic) bond motifs is 1. The first-order valence-corrected chi connectivity index (χ1v) is 12.6. The van der Waals surface area contributed by atoms with Crippen LogP contribution in [-0.4, -0.2) is 29.2 Å². The Kier molecular flexibility index (Phi) is 8.26. The molecule has 4 aromatic rings. The van der Waals surface area contributed by atoms with Crippen LogP contribution in [0.15, 0.2) is 78.0 Å². The van der Waals surface area contributed by atoms with E-state index in [4.69, 9.17) is 9.72 Å². The Labute approximate surface area is 205 Å². The second-order valence-electron chi connectivity index (χ2n) is 8.23. The fraction of sp³-hybridized carbons (Fsp3) is 0.286. The molecular formula is C28H30N2O3S. The maximum absolute atomic E-state index is 11.2. The zero-order valence-electron chi connectivity index (χ0n) is 19.7. The number of ether oxygens (including phenoxy) is 2. The maximum Gasteiger partial charge on any atom is 0.305 e. The van der Waals surface area contributed by atoms with Gasteiger partial charge in [-0.1, -0.05) is 59.8 Å². The molecule has 0 N–H and O–H groups in total. The van der Waals surface area contributed by atoms with Crippen molar-refractivity contribution in [3.8, 4) is 11.4 Å². The van der Waals surface area contributed by atoms with Gasteiger partial charge in [0.05, 0.1) is 24.8 Å². The lowest BCUT2D eigenvalue weighted by molar-refractivity contribution is -0.140. The fourth-order valence-corrected chi connectivity index (χ4v) is 4.71. The molecule has 0 fully saturated rings. The van der Waals surface area contributed by atoms with Gasteiger partial charge in [-0.05, 0) is 56.0 Å². The van der Waals surface area contributed by atoms with Crippen molar-refractivity contribution in [3.63, 3.8) is 0 Å². The minimum absolute atomic E-state index is 0.156. The Balaban J connectivity index is 1.52. The molecule has 0 atom stereocenters. The normalized spacial score (nSPS) is 11.0. The van der Waals surface area contributed by atoms with Gasteiger partial charge in [-0.2, -0.15) is 0 Å². The summed E-state index contributed by atoms with van der Waals surface area (Å²) in [5.41, 5.74) is 5.56. The van der Waals surface area contributed by atoms with Gasteiger partial charge >= 0.3 is 5.97 Å². The minimum Gasteiger partial charge on any atom is -0.494 e. The molecule has 1 aromatic heterocycles. The summed E-state index contributed by atoms with van der Waals surface area (Å²) in [6.45, 7) is 2.71. The lowest BCUT2D eigenvalue weighted by Gasteiger charge is -2.11. The number of benzene rings is 3. The molecule has 4 rings (SSSR count). The first-order chi connectivity index (χ1) is 16.6. The summed E-state index contributed by atoms with van der Waals surface area (Å²) in [5, 5.41) is 0.961. The lowest BCUT2D eigenvalue weighted by Crippen LogP contribution is -2.01. The molecule has 0 aliphatic carbocycles. The number of unbranched alkanes of at least 4 members (excludes halogenated alkanes) is 2. The van der Waals surface area contributed by atoms with Crippen LogP contribution in [0.1, 0.15) is 36.8 Å². The van der Waals surface area contributed by atoms with Crippen LogP contribution >= 0.6 is 11.8 Å². The van der Waals surface area contributed by atoms with E-state index in [-0.39, 0.29) is 5.97 Å². The minimum atomic E-state index is -0.156. The van der Waals surface area contributed by atoms with Crippen molar-refractivity contribution in [3.05, 3.63) is 83.9 Å². The number of rotatable bonds is 11. The van der Waals surface area contributed by atoms with Crippen LogP contribution in [0.3, 0.4) is 0 Å². The van der Waals surface area contributed by atoms with Crippen molar-refractivity contribution < 1.29 is 14.3 Å². The second kappa shape index (κ2) is 11.7. The Morgan fingerprint density at radius 2 is 1.76 bits per heavy atom. The summed E-state index contributed by atoms with van der Waals surface area (Å²) >= 11 is 1.74. The largest absolute Gasteiger partial charge is 0.494 e. The van der Waals surface area contributed by atoms with Crippen molar-refractivity contribution >= 4 is 28.8 Å². The number of carbonyl (C=O) groups is 1. The third-order valence-electron chi connectivity index (χ3n) is 5.62. The van der Waals surface area contributed by atoms with Crippen LogP contribution in [0.4, 0.5) is 0 Å². The molecule has 0 aliphatic rings. The van der Waals surface area contributed by atoms with Gasteiger partial charge in [0, 0.05) is 23.9 Å². The SMILES string of the molecule is COC(=O)CCCCCOc1ccc2nc(SCc3ccccc3)n(-c3ccc(C)cc3)c2c1. The fourth-order valence-electron chi connectivity index (χ4n) is 3.73. The second-order valence-corrected chi connectivity index (χ2v) is 9.17. The molecule has 34 heavy (non-hydrogen) atoms. The van der Waals surface area contributed by atoms with Crippen molar-refractivity contribution in [2.24, 2.45) is 0 Å². The van der Waals surface area contributed by atoms with E-state index in [1.807, 2.05) is 18.2 Å². The van der Waals surface area contributed by atoms with E-state index in [2.05, 4.69) is 70.8 Å². The van der Waals surface area contributed by atoms with Gasteiger partial charge in [0.15, 0.2) is 5.16 Å². The highest BCUT2D eigenvalue weighted by Crippen LogP contribution is 2.32. The molecule has 0 aliphatic heterocycles. The van der Waals surface area contributed by atoms with Gasteiger partial charge in [0.1, 0.15) is 5.75 Å². The number of esters is 1. The van der Waals surface area contributed by atoms with E-state index >= 15 is 0 Å². The molecule has 3 aromatic carbocycles. The molecule has 5 nitrogen and oxygen atoms in total. The Morgan fingerprint density at radius 3 is 2.53 bits per heavy atom. The van der Waals surface area contributed by atoms with E-state index in [0.717, 1.165) is 52.6 Å². The van der Waals surface area contributed by atoms with Gasteiger partial charge in [-0.3, -0.25) is 9.36 Å². The number of nitrogens with zero attached hydrogens (tertiary/aromatic N) is 2. The molecule has 1 heterocycles. The number of thioether (sulfide) groups is 1. The molecule has 0 saturated heterocycles. The highest BCUT2D eigenvalue weighted by atomic mass is 32.2. The summed E-state index contributed by atoms with van der Waals surface area (Å²) in [7, 11) is 1.43. The number of hydrogen-bond acceptors (Lipinski definition) is 5. The average molecular weight is 475 g/mol. The molecule has 6 heteroatoms. The molecule has 0 spiro atoms. The predicted molar refractivity (Wildman–Crippen MR) is 138 cm³/mol. The van der Waals surface area contributed by atoms with Crippen molar-refractivity contribution in [1.29, 1.82) is 0 Å². The van der Waals surface area contributed by atoms with Crippen LogP contribution in [0, 0.1) is 6.92 Å². The smallest absolute Gasteiger partial charge is 0.305 e. The molecule has 0 radical (unpaired) electrons. The van der Waals surface area contributed by atoms with E-state index in [1.54, 1.807) is 11.8 Å². The zero-order chi connectivity index (χ0) is 23.8. The first kappa shape index (κ1) is 23.9. The van der Waals surface area contributed by atoms with Gasteiger partial charge in [-0.25, -0.2) is 4.98 Å². The monoisotopic (exact) mass is 474 g/mol. The van der Waals surface area contributed by atoms with Gasteiger partial charge in [0.25, 0.3) is 0 Å². The number of methoxy groups -OCH3 is 1. The summed E-state index contributed by atoms with van der Waals surface area (Å²) in [4.78, 5) is 16.2. The Bertz CT molecular complexity index is 1220. The van der Waals surface area contributed by atoms with Crippen LogP contribution in [0.5, 0.6) is 5.75 Å². The Hall–Kier alpha value is -3.25. The van der Waals surface area contributed by atoms with Crippen molar-refractivity contribution in [2.75, 3.05) is 13.7 Å². The quantitative estimate of drug-likeness (QED) is 0.137. The van der Waals surface area contributed by atoms with Crippen LogP contribution in [-0.2, 0) is 15.3 Å². The van der Waals surface area contributed by atoms with Gasteiger partial charge in [0.2, 0.25) is 0 Å². The third-order valence-corrected chi connectivity index (χ3v) is 6.63. The highest BCUT2D eigenvalue weighted by Gasteiger charge is 2.14. The standard InChI is InChI=1S/C28H30N2O3S/c1-21-12-14-23(15-13-21)30-26-19-24(33-18-8-4-7-11-27(31)32-2)16-17-25(26)29-28(30)34-20-22-9-5-3-6-10-22/h3,5-6,9-10,12-17,19H,4,7-8,11,18,20H2,1-2H3. The number of hydrogen-bond donors (Lipinski definition) is 0.